The Labute approximate surface area is 208 Å². The van der Waals surface area contributed by atoms with Crippen molar-refractivity contribution in [3.63, 3.8) is 0 Å². The van der Waals surface area contributed by atoms with Gasteiger partial charge in [0, 0.05) is 28.4 Å². The van der Waals surface area contributed by atoms with E-state index in [0.29, 0.717) is 35.8 Å². The molecule has 35 heavy (non-hydrogen) atoms. The number of ether oxygens (including phenoxy) is 2. The van der Waals surface area contributed by atoms with E-state index in [-0.39, 0.29) is 12.2 Å². The van der Waals surface area contributed by atoms with Crippen LogP contribution in [0.15, 0.2) is 18.5 Å². The van der Waals surface area contributed by atoms with Gasteiger partial charge in [-0.3, -0.25) is 0 Å². The van der Waals surface area contributed by atoms with E-state index in [2.05, 4.69) is 15.3 Å². The number of nitrogens with one attached hydrogen (secondary N) is 2. The summed E-state index contributed by atoms with van der Waals surface area (Å²) >= 11 is 1.74. The SMILES string of the molecule is CC(C)(C)OC(=O)N1CC(Oc2cc(N)c(C=N)cc2Nc2ncnc3sc4c(c23)CCCC4)C1. The maximum absolute atomic E-state index is 12.3. The molecule has 10 heteroatoms. The molecular formula is C25H30N6O3S. The first-order chi connectivity index (χ1) is 16.7. The monoisotopic (exact) mass is 494 g/mol. The molecule has 2 aliphatic rings. The Morgan fingerprint density at radius 2 is 2.03 bits per heavy atom. The summed E-state index contributed by atoms with van der Waals surface area (Å²) in [4.78, 5) is 25.3. The first kappa shape index (κ1) is 23.3. The summed E-state index contributed by atoms with van der Waals surface area (Å²) in [6.07, 6.45) is 6.74. The molecule has 0 spiro atoms. The summed E-state index contributed by atoms with van der Waals surface area (Å²) in [5.74, 6) is 1.28. The number of nitrogens with zero attached hydrogens (tertiary/aromatic N) is 3. The number of anilines is 3. The normalized spacial score (nSPS) is 15.9. The molecule has 4 N–H and O–H groups in total. The number of thiophene rings is 1. The topological polar surface area (TPSA) is 126 Å². The molecule has 1 fully saturated rings. The third-order valence-corrected chi connectivity index (χ3v) is 7.34. The second-order valence-corrected chi connectivity index (χ2v) is 11.1. The van der Waals surface area contributed by atoms with Gasteiger partial charge in [0.1, 0.15) is 34.4 Å². The van der Waals surface area contributed by atoms with Crippen molar-refractivity contribution in [1.29, 1.82) is 5.41 Å². The molecule has 1 aromatic carbocycles. The predicted molar refractivity (Wildman–Crippen MR) is 138 cm³/mol. The number of nitrogens with two attached hydrogens (primary N) is 1. The van der Waals surface area contributed by atoms with Gasteiger partial charge in [-0.05, 0) is 58.1 Å². The minimum absolute atomic E-state index is 0.187. The van der Waals surface area contributed by atoms with Gasteiger partial charge in [0.15, 0.2) is 0 Å². The number of carbonyl (C=O) groups is 1. The molecule has 1 aliphatic carbocycles. The molecule has 5 rings (SSSR count). The number of hydrogen-bond acceptors (Lipinski definition) is 9. The summed E-state index contributed by atoms with van der Waals surface area (Å²) in [6.45, 7) is 6.39. The van der Waals surface area contributed by atoms with Crippen LogP contribution >= 0.6 is 11.3 Å². The molecule has 1 aliphatic heterocycles. The average molecular weight is 495 g/mol. The number of benzene rings is 1. The molecule has 9 nitrogen and oxygen atoms in total. The molecular weight excluding hydrogens is 464 g/mol. The molecule has 2 aromatic heterocycles. The number of nitrogen functional groups attached to an aromatic ring is 1. The lowest BCUT2D eigenvalue weighted by molar-refractivity contribution is -0.0219. The maximum Gasteiger partial charge on any atom is 0.410 e. The summed E-state index contributed by atoms with van der Waals surface area (Å²) in [6, 6.07) is 3.52. The summed E-state index contributed by atoms with van der Waals surface area (Å²) < 4.78 is 11.7. The van der Waals surface area contributed by atoms with Crippen LogP contribution < -0.4 is 15.8 Å². The number of fused-ring (bicyclic) bond motifs is 3. The van der Waals surface area contributed by atoms with Gasteiger partial charge < -0.3 is 30.8 Å². The van der Waals surface area contributed by atoms with Gasteiger partial charge in [0.25, 0.3) is 0 Å². The summed E-state index contributed by atoms with van der Waals surface area (Å²) in [5.41, 5.74) is 8.67. The molecule has 1 saturated heterocycles. The van der Waals surface area contributed by atoms with Crippen LogP contribution in [0.5, 0.6) is 5.75 Å². The van der Waals surface area contributed by atoms with Crippen molar-refractivity contribution in [2.45, 2.75) is 58.2 Å². The standard InChI is InChI=1S/C25H30N6O3S/c1-25(2,3)34-24(32)31-11-15(12-31)33-19-9-17(27)14(10-26)8-18(19)30-22-21-16-6-4-5-7-20(16)35-23(21)29-13-28-22/h8-10,13,15,26H,4-7,11-12,27H2,1-3H3,(H,28,29,30). The van der Waals surface area contributed by atoms with Crippen LogP contribution in [0.2, 0.25) is 0 Å². The molecule has 0 radical (unpaired) electrons. The second-order valence-electron chi connectivity index (χ2n) is 9.99. The number of carbonyl (C=O) groups excluding carboxylic acids is 1. The Kier molecular flexibility index (Phi) is 6.00. The van der Waals surface area contributed by atoms with Crippen LogP contribution in [0.4, 0.5) is 22.0 Å². The molecule has 3 heterocycles. The second kappa shape index (κ2) is 8.99. The van der Waals surface area contributed by atoms with Gasteiger partial charge >= 0.3 is 6.09 Å². The summed E-state index contributed by atoms with van der Waals surface area (Å²) in [5, 5.41) is 12.2. The van der Waals surface area contributed by atoms with Crippen LogP contribution in [0.25, 0.3) is 10.2 Å². The first-order valence-electron chi connectivity index (χ1n) is 11.8. The Balaban J connectivity index is 1.40. The van der Waals surface area contributed by atoms with E-state index in [4.69, 9.17) is 20.6 Å². The number of likely N-dealkylation sites (tertiary alicyclic amines) is 1. The Morgan fingerprint density at radius 1 is 1.26 bits per heavy atom. The lowest BCUT2D eigenvalue weighted by atomic mass is 9.97. The lowest BCUT2D eigenvalue weighted by Crippen LogP contribution is -2.57. The van der Waals surface area contributed by atoms with Gasteiger partial charge in [-0.1, -0.05) is 0 Å². The van der Waals surface area contributed by atoms with Crippen molar-refractivity contribution in [2.24, 2.45) is 0 Å². The van der Waals surface area contributed by atoms with E-state index in [0.717, 1.165) is 35.3 Å². The zero-order chi connectivity index (χ0) is 24.7. The number of hydrogen-bond donors (Lipinski definition) is 3. The van der Waals surface area contributed by atoms with E-state index < -0.39 is 5.60 Å². The van der Waals surface area contributed by atoms with E-state index >= 15 is 0 Å². The van der Waals surface area contributed by atoms with Gasteiger partial charge in [0.2, 0.25) is 0 Å². The molecule has 0 saturated carbocycles. The smallest absolute Gasteiger partial charge is 0.410 e. The fourth-order valence-electron chi connectivity index (χ4n) is 4.41. The number of aromatic nitrogens is 2. The fraction of sp³-hybridized carbons (Fsp3) is 0.440. The molecule has 184 valence electrons. The van der Waals surface area contributed by atoms with Crippen molar-refractivity contribution in [3.8, 4) is 5.75 Å². The van der Waals surface area contributed by atoms with Crippen molar-refractivity contribution >= 4 is 51.1 Å². The van der Waals surface area contributed by atoms with E-state index in [9.17, 15) is 4.79 Å². The minimum Gasteiger partial charge on any atom is -0.484 e. The minimum atomic E-state index is -0.541. The van der Waals surface area contributed by atoms with Crippen LogP contribution in [0.3, 0.4) is 0 Å². The quantitative estimate of drug-likeness (QED) is 0.340. The van der Waals surface area contributed by atoms with Crippen LogP contribution in [-0.4, -0.2) is 52.0 Å². The highest BCUT2D eigenvalue weighted by molar-refractivity contribution is 7.19. The third-order valence-electron chi connectivity index (χ3n) is 6.14. The van der Waals surface area contributed by atoms with Gasteiger partial charge in [-0.15, -0.1) is 11.3 Å². The Morgan fingerprint density at radius 3 is 2.77 bits per heavy atom. The summed E-state index contributed by atoms with van der Waals surface area (Å²) in [7, 11) is 0. The highest BCUT2D eigenvalue weighted by Crippen LogP contribution is 2.41. The lowest BCUT2D eigenvalue weighted by Gasteiger charge is -2.39. The van der Waals surface area contributed by atoms with Crippen LogP contribution in [-0.2, 0) is 17.6 Å². The zero-order valence-electron chi connectivity index (χ0n) is 20.2. The van der Waals surface area contributed by atoms with Crippen molar-refractivity contribution in [1.82, 2.24) is 14.9 Å². The number of aryl methyl sites for hydroxylation is 2. The zero-order valence-corrected chi connectivity index (χ0v) is 21.0. The third kappa shape index (κ3) is 4.75. The average Bonchev–Trinajstić information content (AvgIpc) is 3.15. The van der Waals surface area contributed by atoms with E-state index in [1.54, 1.807) is 34.7 Å². The van der Waals surface area contributed by atoms with Crippen LogP contribution in [0, 0.1) is 5.41 Å². The largest absolute Gasteiger partial charge is 0.484 e. The number of rotatable bonds is 5. The predicted octanol–water partition coefficient (Wildman–Crippen LogP) is 4.89. The van der Waals surface area contributed by atoms with E-state index in [1.807, 2.05) is 20.8 Å². The van der Waals surface area contributed by atoms with Crippen molar-refractivity contribution in [2.75, 3.05) is 24.1 Å². The van der Waals surface area contributed by atoms with E-state index in [1.165, 1.54) is 23.1 Å². The van der Waals surface area contributed by atoms with Gasteiger partial charge in [-0.25, -0.2) is 14.8 Å². The molecule has 3 aromatic rings. The van der Waals surface area contributed by atoms with Crippen LogP contribution in [0.1, 0.15) is 49.6 Å². The highest BCUT2D eigenvalue weighted by atomic mass is 32.1. The van der Waals surface area contributed by atoms with Crippen molar-refractivity contribution < 1.29 is 14.3 Å². The first-order valence-corrected chi connectivity index (χ1v) is 12.6. The molecule has 0 bridgehead atoms. The Bertz CT molecular complexity index is 1290. The van der Waals surface area contributed by atoms with Gasteiger partial charge in [0.05, 0.1) is 24.2 Å². The highest BCUT2D eigenvalue weighted by Gasteiger charge is 2.35. The molecule has 1 amide bonds. The molecule has 0 atom stereocenters. The van der Waals surface area contributed by atoms with Crippen molar-refractivity contribution in [3.05, 3.63) is 34.5 Å². The Hall–Kier alpha value is -3.40. The molecule has 0 unspecified atom stereocenters. The maximum atomic E-state index is 12.3. The fourth-order valence-corrected chi connectivity index (χ4v) is 5.64. The van der Waals surface area contributed by atoms with Gasteiger partial charge in [-0.2, -0.15) is 0 Å². The number of amides is 1.